The van der Waals surface area contributed by atoms with E-state index in [-0.39, 0.29) is 12.3 Å². The SMILES string of the molecule is Clc1ccccc1C1Oc2ccccc2C2CC(c3ccc4c(c3)OCCO4)=NN21. The van der Waals surface area contributed by atoms with E-state index < -0.39 is 0 Å². The van der Waals surface area contributed by atoms with Gasteiger partial charge < -0.3 is 14.2 Å². The lowest BCUT2D eigenvalue weighted by Gasteiger charge is -2.38. The number of nitrogens with zero attached hydrogens (tertiary/aromatic N) is 2. The molecule has 0 saturated carbocycles. The van der Waals surface area contributed by atoms with Gasteiger partial charge in [-0.3, -0.25) is 0 Å². The molecular formula is C24H19ClN2O3. The van der Waals surface area contributed by atoms with Gasteiger partial charge in [-0.2, -0.15) is 5.10 Å². The number of hydrazone groups is 1. The lowest BCUT2D eigenvalue weighted by molar-refractivity contribution is -0.0189. The predicted octanol–water partition coefficient (Wildman–Crippen LogP) is 5.35. The number of ether oxygens (including phenoxy) is 3. The molecule has 0 radical (unpaired) electrons. The van der Waals surface area contributed by atoms with Crippen LogP contribution in [0.2, 0.25) is 5.02 Å². The summed E-state index contributed by atoms with van der Waals surface area (Å²) in [5, 5.41) is 7.70. The molecule has 0 spiro atoms. The van der Waals surface area contributed by atoms with E-state index in [2.05, 4.69) is 6.07 Å². The summed E-state index contributed by atoms with van der Waals surface area (Å²) in [7, 11) is 0. The van der Waals surface area contributed by atoms with Crippen LogP contribution in [-0.4, -0.2) is 23.9 Å². The zero-order chi connectivity index (χ0) is 20.1. The molecular weight excluding hydrogens is 400 g/mol. The van der Waals surface area contributed by atoms with Crippen LogP contribution in [0, 0.1) is 0 Å². The van der Waals surface area contributed by atoms with Gasteiger partial charge in [0.1, 0.15) is 19.0 Å². The average molecular weight is 419 g/mol. The average Bonchev–Trinajstić information content (AvgIpc) is 3.24. The fraction of sp³-hybridized carbons (Fsp3) is 0.208. The van der Waals surface area contributed by atoms with Crippen LogP contribution in [-0.2, 0) is 0 Å². The second-order valence-corrected chi connectivity index (χ2v) is 7.94. The third-order valence-electron chi connectivity index (χ3n) is 5.75. The summed E-state index contributed by atoms with van der Waals surface area (Å²) in [4.78, 5) is 0. The molecule has 150 valence electrons. The first-order valence-corrected chi connectivity index (χ1v) is 10.4. The zero-order valence-corrected chi connectivity index (χ0v) is 16.9. The van der Waals surface area contributed by atoms with E-state index in [1.165, 1.54) is 0 Å². The van der Waals surface area contributed by atoms with Gasteiger partial charge in [0.05, 0.1) is 11.8 Å². The first-order chi connectivity index (χ1) is 14.8. The molecule has 0 aliphatic carbocycles. The highest BCUT2D eigenvalue weighted by Crippen LogP contribution is 2.48. The van der Waals surface area contributed by atoms with Crippen LogP contribution in [0.4, 0.5) is 0 Å². The van der Waals surface area contributed by atoms with E-state index in [0.29, 0.717) is 18.2 Å². The minimum Gasteiger partial charge on any atom is -0.486 e. The van der Waals surface area contributed by atoms with Crippen molar-refractivity contribution in [2.24, 2.45) is 5.10 Å². The maximum atomic E-state index is 6.52. The Kier molecular flexibility index (Phi) is 4.09. The van der Waals surface area contributed by atoms with E-state index in [4.69, 9.17) is 30.9 Å². The number of para-hydroxylation sites is 1. The largest absolute Gasteiger partial charge is 0.486 e. The Bertz CT molecular complexity index is 1160. The van der Waals surface area contributed by atoms with Gasteiger partial charge in [-0.1, -0.05) is 48.0 Å². The summed E-state index contributed by atoms with van der Waals surface area (Å²) < 4.78 is 17.8. The lowest BCUT2D eigenvalue weighted by Crippen LogP contribution is -2.33. The first kappa shape index (κ1) is 17.7. The summed E-state index contributed by atoms with van der Waals surface area (Å²) in [6.45, 7) is 1.14. The second kappa shape index (κ2) is 6.96. The monoisotopic (exact) mass is 418 g/mol. The Morgan fingerprint density at radius 3 is 2.47 bits per heavy atom. The van der Waals surface area contributed by atoms with E-state index in [0.717, 1.165) is 46.1 Å². The molecule has 0 N–H and O–H groups in total. The van der Waals surface area contributed by atoms with Crippen molar-refractivity contribution >= 4 is 17.3 Å². The molecule has 0 amide bonds. The van der Waals surface area contributed by atoms with E-state index in [1.807, 2.05) is 65.7 Å². The standard InChI is InChI=1S/C24H19ClN2O3/c25-18-7-3-1-5-16(18)24-27-20(17-6-2-4-8-21(17)30-24)14-19(26-27)15-9-10-22-23(13-15)29-12-11-28-22/h1-10,13,20,24H,11-12,14H2. The van der Waals surface area contributed by atoms with Crippen LogP contribution < -0.4 is 14.2 Å². The third kappa shape index (κ3) is 2.81. The van der Waals surface area contributed by atoms with Crippen molar-refractivity contribution in [3.05, 3.63) is 88.4 Å². The highest BCUT2D eigenvalue weighted by Gasteiger charge is 2.41. The fourth-order valence-corrected chi connectivity index (χ4v) is 4.54. The molecule has 2 unspecified atom stereocenters. The molecule has 5 nitrogen and oxygen atoms in total. The van der Waals surface area contributed by atoms with Gasteiger partial charge in [0, 0.05) is 28.1 Å². The van der Waals surface area contributed by atoms with Gasteiger partial charge in [0.25, 0.3) is 0 Å². The number of hydrogen-bond acceptors (Lipinski definition) is 5. The summed E-state index contributed by atoms with van der Waals surface area (Å²) in [5.74, 6) is 2.43. The molecule has 0 aromatic heterocycles. The Morgan fingerprint density at radius 2 is 1.60 bits per heavy atom. The van der Waals surface area contributed by atoms with Gasteiger partial charge >= 0.3 is 0 Å². The molecule has 2 atom stereocenters. The van der Waals surface area contributed by atoms with Gasteiger partial charge in [-0.15, -0.1) is 0 Å². The van der Waals surface area contributed by atoms with Crippen molar-refractivity contribution in [2.75, 3.05) is 13.2 Å². The minimum absolute atomic E-state index is 0.0828. The van der Waals surface area contributed by atoms with E-state index in [9.17, 15) is 0 Å². The van der Waals surface area contributed by atoms with Crippen molar-refractivity contribution in [3.8, 4) is 17.2 Å². The molecule has 30 heavy (non-hydrogen) atoms. The van der Waals surface area contributed by atoms with Crippen LogP contribution in [0.3, 0.4) is 0 Å². The van der Waals surface area contributed by atoms with E-state index >= 15 is 0 Å². The Labute approximate surface area is 179 Å². The Morgan fingerprint density at radius 1 is 0.833 bits per heavy atom. The van der Waals surface area contributed by atoms with Crippen LogP contribution in [0.25, 0.3) is 0 Å². The van der Waals surface area contributed by atoms with Crippen LogP contribution in [0.15, 0.2) is 71.8 Å². The number of benzene rings is 3. The topological polar surface area (TPSA) is 43.3 Å². The van der Waals surface area contributed by atoms with Crippen LogP contribution in [0.1, 0.15) is 35.4 Å². The predicted molar refractivity (Wildman–Crippen MR) is 114 cm³/mol. The Hall–Kier alpha value is -3.18. The number of fused-ring (bicyclic) bond motifs is 4. The van der Waals surface area contributed by atoms with Crippen LogP contribution in [0.5, 0.6) is 17.2 Å². The van der Waals surface area contributed by atoms with Gasteiger partial charge in [0.15, 0.2) is 11.5 Å². The number of halogens is 1. The molecule has 3 aliphatic rings. The van der Waals surface area contributed by atoms with Gasteiger partial charge in [0.2, 0.25) is 6.23 Å². The quantitative estimate of drug-likeness (QED) is 0.562. The van der Waals surface area contributed by atoms with Gasteiger partial charge in [-0.05, 0) is 30.3 Å². The van der Waals surface area contributed by atoms with E-state index in [1.54, 1.807) is 0 Å². The first-order valence-electron chi connectivity index (χ1n) is 10.0. The smallest absolute Gasteiger partial charge is 0.215 e. The molecule has 3 aromatic carbocycles. The maximum Gasteiger partial charge on any atom is 0.215 e. The lowest BCUT2D eigenvalue weighted by atomic mass is 9.95. The molecule has 0 saturated heterocycles. The fourth-order valence-electron chi connectivity index (χ4n) is 4.31. The van der Waals surface area contributed by atoms with Crippen molar-refractivity contribution in [3.63, 3.8) is 0 Å². The summed E-state index contributed by atoms with van der Waals surface area (Å²) in [5.41, 5.74) is 4.07. The normalized spacial score (nSPS) is 21.4. The van der Waals surface area contributed by atoms with Crippen LogP contribution >= 0.6 is 11.6 Å². The maximum absolute atomic E-state index is 6.52. The van der Waals surface area contributed by atoms with Crippen molar-refractivity contribution in [1.82, 2.24) is 5.01 Å². The minimum atomic E-state index is -0.381. The Balaban J connectivity index is 1.43. The second-order valence-electron chi connectivity index (χ2n) is 7.53. The number of hydrogen-bond donors (Lipinski definition) is 0. The molecule has 0 bridgehead atoms. The molecule has 3 heterocycles. The molecule has 3 aliphatic heterocycles. The summed E-state index contributed by atoms with van der Waals surface area (Å²) in [6.07, 6.45) is 0.398. The third-order valence-corrected chi connectivity index (χ3v) is 6.09. The molecule has 6 heteroatoms. The number of rotatable bonds is 2. The van der Waals surface area contributed by atoms with Crippen molar-refractivity contribution in [2.45, 2.75) is 18.7 Å². The van der Waals surface area contributed by atoms with Crippen molar-refractivity contribution < 1.29 is 14.2 Å². The van der Waals surface area contributed by atoms with Crippen molar-refractivity contribution in [1.29, 1.82) is 0 Å². The molecule has 0 fully saturated rings. The molecule has 3 aromatic rings. The summed E-state index contributed by atoms with van der Waals surface area (Å²) in [6, 6.07) is 22.0. The highest BCUT2D eigenvalue weighted by atomic mass is 35.5. The zero-order valence-electron chi connectivity index (χ0n) is 16.1. The van der Waals surface area contributed by atoms with Gasteiger partial charge in [-0.25, -0.2) is 5.01 Å². The molecule has 6 rings (SSSR count). The highest BCUT2D eigenvalue weighted by molar-refractivity contribution is 6.31. The summed E-state index contributed by atoms with van der Waals surface area (Å²) >= 11 is 6.52.